The van der Waals surface area contributed by atoms with Crippen LogP contribution in [0.4, 0.5) is 0 Å². The Bertz CT molecular complexity index is 184. The third-order valence-electron chi connectivity index (χ3n) is 1.24. The summed E-state index contributed by atoms with van der Waals surface area (Å²) >= 11 is 0. The fraction of sp³-hybridized carbons (Fsp3) is 0.556. The molecule has 0 spiro atoms. The quantitative estimate of drug-likeness (QED) is 0.660. The molecule has 76 valence electrons. The summed E-state index contributed by atoms with van der Waals surface area (Å²) in [5, 5.41) is 16.1. The molecule has 0 saturated carbocycles. The Morgan fingerprint density at radius 3 is 1.46 bits per heavy atom. The zero-order valence-electron chi connectivity index (χ0n) is 8.15. The highest BCUT2D eigenvalue weighted by Crippen LogP contribution is 1.92. The standard InChI is InChI=1S/C5H8O2.C4H8O2/c1-3-4(2)5(6)7;1-3(2)4(5)6/h3-4H,1H2,2H3,(H,6,7);3H,1-2H3,(H,5,6). The Hall–Kier alpha value is -1.32. The second-order valence-electron chi connectivity index (χ2n) is 2.86. The van der Waals surface area contributed by atoms with Crippen LogP contribution >= 0.6 is 0 Å². The number of aliphatic carboxylic acids is 2. The first-order valence-corrected chi connectivity index (χ1v) is 3.91. The maximum Gasteiger partial charge on any atom is 0.310 e. The van der Waals surface area contributed by atoms with Crippen LogP contribution in [-0.2, 0) is 9.59 Å². The Balaban J connectivity index is 0. The van der Waals surface area contributed by atoms with Gasteiger partial charge in [0.25, 0.3) is 0 Å². The third kappa shape index (κ3) is 10.7. The number of carboxylic acid groups (broad SMARTS) is 2. The number of rotatable bonds is 3. The molecule has 0 rings (SSSR count). The molecule has 0 fully saturated rings. The van der Waals surface area contributed by atoms with Gasteiger partial charge in [-0.2, -0.15) is 0 Å². The number of carbonyl (C=O) groups is 2. The summed E-state index contributed by atoms with van der Waals surface area (Å²) in [5.41, 5.74) is 0. The lowest BCUT2D eigenvalue weighted by Gasteiger charge is -1.92. The summed E-state index contributed by atoms with van der Waals surface area (Å²) in [5.74, 6) is -2.21. The molecule has 0 amide bonds. The first-order chi connectivity index (χ1) is 5.82. The van der Waals surface area contributed by atoms with Crippen molar-refractivity contribution in [2.45, 2.75) is 20.8 Å². The predicted molar refractivity (Wildman–Crippen MR) is 49.5 cm³/mol. The van der Waals surface area contributed by atoms with E-state index in [0.717, 1.165) is 0 Å². The van der Waals surface area contributed by atoms with E-state index in [1.54, 1.807) is 20.8 Å². The van der Waals surface area contributed by atoms with Crippen LogP contribution in [0.1, 0.15) is 20.8 Å². The van der Waals surface area contributed by atoms with Crippen molar-refractivity contribution in [2.75, 3.05) is 0 Å². The molecule has 0 radical (unpaired) electrons. The van der Waals surface area contributed by atoms with E-state index in [9.17, 15) is 9.59 Å². The maximum absolute atomic E-state index is 9.86. The Morgan fingerprint density at radius 1 is 1.15 bits per heavy atom. The van der Waals surface area contributed by atoms with Crippen LogP contribution in [0.2, 0.25) is 0 Å². The van der Waals surface area contributed by atoms with Crippen molar-refractivity contribution in [3.8, 4) is 0 Å². The normalized spacial score (nSPS) is 11.1. The zero-order valence-corrected chi connectivity index (χ0v) is 8.15. The van der Waals surface area contributed by atoms with Gasteiger partial charge in [-0.3, -0.25) is 9.59 Å². The minimum atomic E-state index is -0.824. The van der Waals surface area contributed by atoms with E-state index in [-0.39, 0.29) is 5.92 Å². The van der Waals surface area contributed by atoms with Crippen LogP contribution in [0, 0.1) is 11.8 Å². The first kappa shape index (κ1) is 14.2. The molecule has 1 unspecified atom stereocenters. The van der Waals surface area contributed by atoms with Gasteiger partial charge in [0, 0.05) is 0 Å². The molecule has 0 aromatic rings. The smallest absolute Gasteiger partial charge is 0.310 e. The summed E-state index contributed by atoms with van der Waals surface area (Å²) in [6.07, 6.45) is 1.39. The van der Waals surface area contributed by atoms with Gasteiger partial charge in [0.1, 0.15) is 0 Å². The van der Waals surface area contributed by atoms with E-state index in [1.807, 2.05) is 0 Å². The first-order valence-electron chi connectivity index (χ1n) is 3.91. The molecule has 4 heteroatoms. The van der Waals surface area contributed by atoms with Gasteiger partial charge in [0.05, 0.1) is 11.8 Å². The zero-order chi connectivity index (χ0) is 11.0. The molecule has 0 bridgehead atoms. The SMILES string of the molecule is C=CC(C)C(=O)O.CC(C)C(=O)O. The van der Waals surface area contributed by atoms with Crippen LogP contribution in [-0.4, -0.2) is 22.2 Å². The van der Waals surface area contributed by atoms with Crippen molar-refractivity contribution in [3.05, 3.63) is 12.7 Å². The third-order valence-corrected chi connectivity index (χ3v) is 1.24. The number of hydrogen-bond donors (Lipinski definition) is 2. The predicted octanol–water partition coefficient (Wildman–Crippen LogP) is 1.62. The fourth-order valence-corrected chi connectivity index (χ4v) is 0.101. The molecular weight excluding hydrogens is 172 g/mol. The maximum atomic E-state index is 9.86. The van der Waals surface area contributed by atoms with Crippen molar-refractivity contribution in [1.29, 1.82) is 0 Å². The lowest BCUT2D eigenvalue weighted by Crippen LogP contribution is -2.04. The number of hydrogen-bond acceptors (Lipinski definition) is 2. The summed E-state index contributed by atoms with van der Waals surface area (Å²) < 4.78 is 0. The van der Waals surface area contributed by atoms with Gasteiger partial charge in [-0.05, 0) is 6.92 Å². The fourth-order valence-electron chi connectivity index (χ4n) is 0.101. The molecule has 2 N–H and O–H groups in total. The van der Waals surface area contributed by atoms with E-state index in [0.29, 0.717) is 0 Å². The molecular formula is C9H16O4. The Labute approximate surface area is 77.9 Å². The monoisotopic (exact) mass is 188 g/mol. The molecule has 0 aromatic heterocycles. The molecule has 0 saturated heterocycles. The second-order valence-corrected chi connectivity index (χ2v) is 2.86. The largest absolute Gasteiger partial charge is 0.481 e. The molecule has 0 aliphatic heterocycles. The van der Waals surface area contributed by atoms with E-state index in [1.165, 1.54) is 6.08 Å². The van der Waals surface area contributed by atoms with E-state index in [2.05, 4.69) is 6.58 Å². The second kappa shape index (κ2) is 7.34. The van der Waals surface area contributed by atoms with Gasteiger partial charge >= 0.3 is 11.9 Å². The van der Waals surface area contributed by atoms with Gasteiger partial charge in [0.15, 0.2) is 0 Å². The van der Waals surface area contributed by atoms with Crippen LogP contribution in [0.15, 0.2) is 12.7 Å². The van der Waals surface area contributed by atoms with Gasteiger partial charge in [-0.15, -0.1) is 6.58 Å². The molecule has 13 heavy (non-hydrogen) atoms. The Morgan fingerprint density at radius 2 is 1.46 bits per heavy atom. The Kier molecular flexibility index (Phi) is 8.02. The highest BCUT2D eigenvalue weighted by Gasteiger charge is 2.02. The minimum absolute atomic E-state index is 0.231. The number of carboxylic acids is 2. The highest BCUT2D eigenvalue weighted by atomic mass is 16.4. The van der Waals surface area contributed by atoms with E-state index in [4.69, 9.17) is 10.2 Å². The van der Waals surface area contributed by atoms with Gasteiger partial charge < -0.3 is 10.2 Å². The summed E-state index contributed by atoms with van der Waals surface area (Å²) in [6, 6.07) is 0. The van der Waals surface area contributed by atoms with Crippen LogP contribution < -0.4 is 0 Å². The molecule has 4 nitrogen and oxygen atoms in total. The van der Waals surface area contributed by atoms with Crippen molar-refractivity contribution in [2.24, 2.45) is 11.8 Å². The van der Waals surface area contributed by atoms with Gasteiger partial charge in [0.2, 0.25) is 0 Å². The van der Waals surface area contributed by atoms with Crippen LogP contribution in [0.25, 0.3) is 0 Å². The van der Waals surface area contributed by atoms with E-state index < -0.39 is 17.9 Å². The molecule has 0 heterocycles. The highest BCUT2D eigenvalue weighted by molar-refractivity contribution is 5.71. The van der Waals surface area contributed by atoms with Crippen LogP contribution in [0.5, 0.6) is 0 Å². The molecule has 0 aliphatic rings. The summed E-state index contributed by atoms with van der Waals surface area (Å²) in [7, 11) is 0. The van der Waals surface area contributed by atoms with Crippen molar-refractivity contribution in [3.63, 3.8) is 0 Å². The van der Waals surface area contributed by atoms with Crippen molar-refractivity contribution < 1.29 is 19.8 Å². The average molecular weight is 188 g/mol. The molecule has 0 aliphatic carbocycles. The topological polar surface area (TPSA) is 74.6 Å². The minimum Gasteiger partial charge on any atom is -0.481 e. The molecule has 0 aromatic carbocycles. The van der Waals surface area contributed by atoms with Crippen LogP contribution in [0.3, 0.4) is 0 Å². The van der Waals surface area contributed by atoms with E-state index >= 15 is 0 Å². The summed E-state index contributed by atoms with van der Waals surface area (Å²) in [6.45, 7) is 8.16. The lowest BCUT2D eigenvalue weighted by molar-refractivity contribution is -0.141. The average Bonchev–Trinajstić information content (AvgIpc) is 2.03. The van der Waals surface area contributed by atoms with Gasteiger partial charge in [-0.25, -0.2) is 0 Å². The van der Waals surface area contributed by atoms with Gasteiger partial charge in [-0.1, -0.05) is 19.9 Å². The lowest BCUT2D eigenvalue weighted by atomic mass is 10.2. The summed E-state index contributed by atoms with van der Waals surface area (Å²) in [4.78, 5) is 19.6. The van der Waals surface area contributed by atoms with Crippen molar-refractivity contribution in [1.82, 2.24) is 0 Å². The molecule has 1 atom stereocenters. The van der Waals surface area contributed by atoms with Crippen molar-refractivity contribution >= 4 is 11.9 Å².